The third-order valence-electron chi connectivity index (χ3n) is 5.78. The second kappa shape index (κ2) is 9.27. The highest BCUT2D eigenvalue weighted by Gasteiger charge is 2.17. The average molecular weight is 460 g/mol. The summed E-state index contributed by atoms with van der Waals surface area (Å²) < 4.78 is 12.9. The molecule has 8 nitrogen and oxygen atoms in total. The summed E-state index contributed by atoms with van der Waals surface area (Å²) in [4.78, 5) is 39.7. The Morgan fingerprint density at radius 1 is 0.912 bits per heavy atom. The van der Waals surface area contributed by atoms with Gasteiger partial charge in [-0.25, -0.2) is 9.36 Å². The highest BCUT2D eigenvalue weighted by Crippen LogP contribution is 2.29. The lowest BCUT2D eigenvalue weighted by Crippen LogP contribution is -2.40. The number of para-hydroxylation sites is 1. The van der Waals surface area contributed by atoms with Crippen molar-refractivity contribution in [3.05, 3.63) is 92.6 Å². The lowest BCUT2D eigenvalue weighted by atomic mass is 10.1. The van der Waals surface area contributed by atoms with Gasteiger partial charge in [0.05, 0.1) is 36.5 Å². The summed E-state index contributed by atoms with van der Waals surface area (Å²) in [5.41, 5.74) is 2.25. The van der Waals surface area contributed by atoms with Gasteiger partial charge in [-0.2, -0.15) is 0 Å². The predicted molar refractivity (Wildman–Crippen MR) is 131 cm³/mol. The van der Waals surface area contributed by atoms with E-state index in [0.717, 1.165) is 15.7 Å². The zero-order valence-electron chi connectivity index (χ0n) is 19.4. The SMILES string of the molecule is COc1ccc(NC(=O)Cn2c(=O)n(-c3ccc(C)c(C)c3)c(=O)c3ccccc32)c(OC)c1. The quantitative estimate of drug-likeness (QED) is 0.477. The van der Waals surface area contributed by atoms with E-state index in [4.69, 9.17) is 9.47 Å². The van der Waals surface area contributed by atoms with E-state index in [1.807, 2.05) is 19.9 Å². The van der Waals surface area contributed by atoms with Crippen molar-refractivity contribution in [2.24, 2.45) is 0 Å². The van der Waals surface area contributed by atoms with E-state index in [-0.39, 0.29) is 6.54 Å². The minimum absolute atomic E-state index is 0.292. The summed E-state index contributed by atoms with van der Waals surface area (Å²) in [6, 6.07) is 17.1. The number of anilines is 1. The molecule has 0 aliphatic carbocycles. The van der Waals surface area contributed by atoms with Crippen LogP contribution in [0.15, 0.2) is 70.3 Å². The molecule has 0 saturated carbocycles. The number of nitrogens with zero attached hydrogens (tertiary/aromatic N) is 2. The Bertz CT molecular complexity index is 1520. The number of amides is 1. The van der Waals surface area contributed by atoms with Crippen LogP contribution in [0.4, 0.5) is 5.69 Å². The highest BCUT2D eigenvalue weighted by atomic mass is 16.5. The molecule has 4 rings (SSSR count). The van der Waals surface area contributed by atoms with Crippen LogP contribution in [0.3, 0.4) is 0 Å². The van der Waals surface area contributed by atoms with Crippen LogP contribution in [0.1, 0.15) is 11.1 Å². The number of hydrogen-bond donors (Lipinski definition) is 1. The molecule has 3 aromatic carbocycles. The number of methoxy groups -OCH3 is 2. The Kier molecular flexibility index (Phi) is 6.23. The number of carbonyl (C=O) groups is 1. The predicted octanol–water partition coefficient (Wildman–Crippen LogP) is 3.43. The molecule has 0 unspecified atom stereocenters. The number of benzene rings is 3. The molecule has 1 N–H and O–H groups in total. The fraction of sp³-hybridized carbons (Fsp3) is 0.192. The number of rotatable bonds is 6. The van der Waals surface area contributed by atoms with Crippen molar-refractivity contribution in [1.82, 2.24) is 9.13 Å². The van der Waals surface area contributed by atoms with E-state index in [9.17, 15) is 14.4 Å². The maximum absolute atomic E-state index is 13.5. The second-order valence-electron chi connectivity index (χ2n) is 7.91. The normalized spacial score (nSPS) is 10.8. The molecule has 4 aromatic rings. The van der Waals surface area contributed by atoms with Crippen molar-refractivity contribution in [3.8, 4) is 17.2 Å². The molecule has 1 aromatic heterocycles. The van der Waals surface area contributed by atoms with Gasteiger partial charge >= 0.3 is 5.69 Å². The first-order valence-corrected chi connectivity index (χ1v) is 10.7. The molecule has 174 valence electrons. The molecule has 8 heteroatoms. The van der Waals surface area contributed by atoms with Crippen molar-refractivity contribution in [1.29, 1.82) is 0 Å². The molecule has 0 atom stereocenters. The molecule has 1 heterocycles. The first kappa shape index (κ1) is 22.8. The molecule has 0 aliphatic rings. The molecule has 0 spiro atoms. The molecular weight excluding hydrogens is 434 g/mol. The zero-order valence-corrected chi connectivity index (χ0v) is 19.4. The number of ether oxygens (including phenoxy) is 2. The van der Waals surface area contributed by atoms with Gasteiger partial charge in [0.15, 0.2) is 0 Å². The van der Waals surface area contributed by atoms with E-state index >= 15 is 0 Å². The third-order valence-corrected chi connectivity index (χ3v) is 5.78. The molecular formula is C26H25N3O5. The number of nitrogens with one attached hydrogen (secondary N) is 1. The maximum atomic E-state index is 13.5. The zero-order chi connectivity index (χ0) is 24.4. The molecule has 0 saturated heterocycles. The Hall–Kier alpha value is -4.33. The fourth-order valence-electron chi connectivity index (χ4n) is 3.80. The summed E-state index contributed by atoms with van der Waals surface area (Å²) in [7, 11) is 3.02. The maximum Gasteiger partial charge on any atom is 0.336 e. The summed E-state index contributed by atoms with van der Waals surface area (Å²) in [6.07, 6.45) is 0. The Morgan fingerprint density at radius 2 is 1.68 bits per heavy atom. The van der Waals surface area contributed by atoms with Gasteiger partial charge < -0.3 is 14.8 Å². The molecule has 0 fully saturated rings. The largest absolute Gasteiger partial charge is 0.497 e. The molecule has 0 aliphatic heterocycles. The Morgan fingerprint density at radius 3 is 2.38 bits per heavy atom. The van der Waals surface area contributed by atoms with Gasteiger partial charge in [-0.15, -0.1) is 0 Å². The van der Waals surface area contributed by atoms with E-state index in [0.29, 0.717) is 33.8 Å². The number of aryl methyl sites for hydroxylation is 2. The highest BCUT2D eigenvalue weighted by molar-refractivity contribution is 5.93. The smallest absolute Gasteiger partial charge is 0.336 e. The minimum Gasteiger partial charge on any atom is -0.497 e. The van der Waals surface area contributed by atoms with Crippen LogP contribution in [0.5, 0.6) is 11.5 Å². The number of carbonyl (C=O) groups excluding carboxylic acids is 1. The fourth-order valence-corrected chi connectivity index (χ4v) is 3.80. The first-order valence-electron chi connectivity index (χ1n) is 10.7. The molecule has 0 bridgehead atoms. The van der Waals surface area contributed by atoms with E-state index in [2.05, 4.69) is 5.32 Å². The van der Waals surface area contributed by atoms with Gasteiger partial charge in [0.2, 0.25) is 5.91 Å². The van der Waals surface area contributed by atoms with Crippen LogP contribution >= 0.6 is 0 Å². The van der Waals surface area contributed by atoms with Crippen molar-refractivity contribution < 1.29 is 14.3 Å². The Balaban J connectivity index is 1.80. The van der Waals surface area contributed by atoms with Crippen molar-refractivity contribution in [2.45, 2.75) is 20.4 Å². The van der Waals surface area contributed by atoms with Crippen LogP contribution in [0.25, 0.3) is 16.6 Å². The van der Waals surface area contributed by atoms with Crippen molar-refractivity contribution >= 4 is 22.5 Å². The molecule has 34 heavy (non-hydrogen) atoms. The lowest BCUT2D eigenvalue weighted by molar-refractivity contribution is -0.116. The van der Waals surface area contributed by atoms with E-state index in [1.54, 1.807) is 54.6 Å². The van der Waals surface area contributed by atoms with Gasteiger partial charge in [-0.3, -0.25) is 14.2 Å². The van der Waals surface area contributed by atoms with Gasteiger partial charge in [-0.1, -0.05) is 18.2 Å². The summed E-state index contributed by atoms with van der Waals surface area (Å²) in [6.45, 7) is 3.58. The molecule has 0 radical (unpaired) electrons. The van der Waals surface area contributed by atoms with Crippen molar-refractivity contribution in [2.75, 3.05) is 19.5 Å². The second-order valence-corrected chi connectivity index (χ2v) is 7.91. The monoisotopic (exact) mass is 459 g/mol. The van der Waals surface area contributed by atoms with Crippen molar-refractivity contribution in [3.63, 3.8) is 0 Å². The van der Waals surface area contributed by atoms with Crippen LogP contribution in [0, 0.1) is 13.8 Å². The third kappa shape index (κ3) is 4.17. The summed E-state index contributed by atoms with van der Waals surface area (Å²) >= 11 is 0. The van der Waals surface area contributed by atoms with E-state index < -0.39 is 17.2 Å². The number of aromatic nitrogens is 2. The van der Waals surface area contributed by atoms with Gasteiger partial charge in [0, 0.05) is 6.07 Å². The number of fused-ring (bicyclic) bond motifs is 1. The minimum atomic E-state index is -0.594. The van der Waals surface area contributed by atoms with Crippen LogP contribution in [0.2, 0.25) is 0 Å². The van der Waals surface area contributed by atoms with Crippen LogP contribution in [-0.4, -0.2) is 29.3 Å². The average Bonchev–Trinajstić information content (AvgIpc) is 2.84. The van der Waals surface area contributed by atoms with Gasteiger partial charge in [0.1, 0.15) is 18.0 Å². The van der Waals surface area contributed by atoms with Gasteiger partial charge in [-0.05, 0) is 61.4 Å². The standard InChI is InChI=1S/C26H25N3O5/c1-16-9-10-18(13-17(16)2)29-25(31)20-7-5-6-8-22(20)28(26(29)32)15-24(30)27-21-12-11-19(33-3)14-23(21)34-4/h5-14H,15H2,1-4H3,(H,27,30). The summed E-state index contributed by atoms with van der Waals surface area (Å²) in [5, 5.41) is 3.12. The molecule has 1 amide bonds. The lowest BCUT2D eigenvalue weighted by Gasteiger charge is -2.16. The summed E-state index contributed by atoms with van der Waals surface area (Å²) in [5.74, 6) is 0.559. The van der Waals surface area contributed by atoms with Gasteiger partial charge in [0.25, 0.3) is 5.56 Å². The van der Waals surface area contributed by atoms with Crippen LogP contribution in [-0.2, 0) is 11.3 Å². The topological polar surface area (TPSA) is 91.6 Å². The number of hydrogen-bond acceptors (Lipinski definition) is 5. The van der Waals surface area contributed by atoms with Crippen LogP contribution < -0.4 is 26.0 Å². The van der Waals surface area contributed by atoms with E-state index in [1.165, 1.54) is 18.8 Å². The first-order chi connectivity index (χ1) is 16.3. The Labute approximate surface area is 196 Å².